The molecule has 1 aromatic rings. The molecule has 0 radical (unpaired) electrons. The number of hydrogen-bond donors (Lipinski definition) is 1. The van der Waals surface area contributed by atoms with Crippen LogP contribution in [0.1, 0.15) is 59.7 Å². The van der Waals surface area contributed by atoms with Crippen LogP contribution in [0.25, 0.3) is 0 Å². The van der Waals surface area contributed by atoms with Crippen LogP contribution < -0.4 is 5.32 Å². The third kappa shape index (κ3) is 5.23. The molecule has 0 aliphatic rings. The monoisotopic (exact) mass is 281 g/mol. The first-order valence-electron chi connectivity index (χ1n) is 7.22. The van der Waals surface area contributed by atoms with Crippen LogP contribution in [0.15, 0.2) is 12.5 Å². The van der Waals surface area contributed by atoms with E-state index in [4.69, 9.17) is 4.74 Å². The number of ether oxygens (including phenoxy) is 1. The summed E-state index contributed by atoms with van der Waals surface area (Å²) in [5, 5.41) is 2.85. The van der Waals surface area contributed by atoms with Gasteiger partial charge in [0.05, 0.1) is 24.3 Å². The van der Waals surface area contributed by atoms with E-state index in [0.29, 0.717) is 5.92 Å². The molecule has 1 N–H and O–H groups in total. The van der Waals surface area contributed by atoms with Gasteiger partial charge in [0.15, 0.2) is 0 Å². The van der Waals surface area contributed by atoms with E-state index < -0.39 is 11.7 Å². The van der Waals surface area contributed by atoms with Crippen LogP contribution in [0.4, 0.5) is 4.79 Å². The Balaban J connectivity index is 2.66. The molecule has 0 aliphatic carbocycles. The Bertz CT molecular complexity index is 435. The van der Waals surface area contributed by atoms with Crippen LogP contribution >= 0.6 is 0 Å². The van der Waals surface area contributed by atoms with Crippen molar-refractivity contribution < 1.29 is 9.53 Å². The van der Waals surface area contributed by atoms with Crippen LogP contribution in [0.5, 0.6) is 0 Å². The van der Waals surface area contributed by atoms with Gasteiger partial charge in [-0.1, -0.05) is 20.3 Å². The van der Waals surface area contributed by atoms with E-state index in [-0.39, 0.29) is 6.04 Å². The lowest BCUT2D eigenvalue weighted by molar-refractivity contribution is 0.0506. The summed E-state index contributed by atoms with van der Waals surface area (Å²) in [6.07, 6.45) is 4.33. The van der Waals surface area contributed by atoms with Crippen molar-refractivity contribution in [2.45, 2.75) is 66.2 Å². The van der Waals surface area contributed by atoms with Crippen molar-refractivity contribution in [3.63, 3.8) is 0 Å². The summed E-state index contributed by atoms with van der Waals surface area (Å²) in [7, 11) is 0. The van der Waals surface area contributed by atoms with E-state index in [2.05, 4.69) is 28.7 Å². The predicted octanol–water partition coefficient (Wildman–Crippen LogP) is 3.51. The molecule has 1 amide bonds. The number of alkyl carbamates (subject to hydrolysis) is 1. The van der Waals surface area contributed by atoms with E-state index in [9.17, 15) is 4.79 Å². The van der Waals surface area contributed by atoms with Gasteiger partial charge in [0.25, 0.3) is 0 Å². The highest BCUT2D eigenvalue weighted by Crippen LogP contribution is 2.16. The molecule has 0 fully saturated rings. The van der Waals surface area contributed by atoms with Gasteiger partial charge in [-0.15, -0.1) is 0 Å². The van der Waals surface area contributed by atoms with Gasteiger partial charge in [0, 0.05) is 6.54 Å². The summed E-state index contributed by atoms with van der Waals surface area (Å²) in [6.45, 7) is 12.8. The van der Waals surface area contributed by atoms with Gasteiger partial charge in [-0.3, -0.25) is 0 Å². The lowest BCUT2D eigenvalue weighted by atomic mass is 10.1. The Hall–Kier alpha value is -1.52. The lowest BCUT2D eigenvalue weighted by Gasteiger charge is -2.23. The maximum absolute atomic E-state index is 11.8. The van der Waals surface area contributed by atoms with Crippen LogP contribution in [-0.4, -0.2) is 21.2 Å². The number of nitrogens with zero attached hydrogens (tertiary/aromatic N) is 2. The number of nitrogens with one attached hydrogen (secondary N) is 1. The van der Waals surface area contributed by atoms with Gasteiger partial charge in [-0.2, -0.15) is 0 Å². The topological polar surface area (TPSA) is 56.2 Å². The number of aromatic nitrogens is 2. The zero-order chi connectivity index (χ0) is 15.3. The maximum atomic E-state index is 11.8. The Morgan fingerprint density at radius 3 is 2.65 bits per heavy atom. The smallest absolute Gasteiger partial charge is 0.408 e. The first kappa shape index (κ1) is 16.5. The first-order chi connectivity index (χ1) is 9.23. The minimum absolute atomic E-state index is 0.128. The zero-order valence-corrected chi connectivity index (χ0v) is 13.4. The number of imidazole rings is 1. The van der Waals surface area contributed by atoms with Crippen molar-refractivity contribution in [1.29, 1.82) is 0 Å². The molecule has 0 aliphatic heterocycles. The molecule has 0 saturated heterocycles. The van der Waals surface area contributed by atoms with E-state index in [1.807, 2.05) is 34.0 Å². The summed E-state index contributed by atoms with van der Waals surface area (Å²) in [5.74, 6) is 0.580. The van der Waals surface area contributed by atoms with Crippen molar-refractivity contribution in [3.8, 4) is 0 Å². The Kier molecular flexibility index (Phi) is 5.60. The number of amides is 1. The summed E-state index contributed by atoms with van der Waals surface area (Å²) in [4.78, 5) is 16.0. The number of carbonyl (C=O) groups is 1. The van der Waals surface area contributed by atoms with Crippen LogP contribution in [0, 0.1) is 5.92 Å². The van der Waals surface area contributed by atoms with E-state index in [1.165, 1.54) is 0 Å². The lowest BCUT2D eigenvalue weighted by Crippen LogP contribution is -2.34. The second kappa shape index (κ2) is 6.77. The molecule has 2 atom stereocenters. The second-order valence-corrected chi connectivity index (χ2v) is 6.35. The minimum Gasteiger partial charge on any atom is -0.444 e. The molecule has 1 rings (SSSR count). The standard InChI is InChI=1S/C15H27N3O2/c1-7-11(2)9-18-10-16-8-13(18)12(3)17-14(19)20-15(4,5)6/h8,10-12H,7,9H2,1-6H3,(H,17,19). The highest BCUT2D eigenvalue weighted by Gasteiger charge is 2.20. The highest BCUT2D eigenvalue weighted by atomic mass is 16.6. The third-order valence-electron chi connectivity index (χ3n) is 3.13. The minimum atomic E-state index is -0.485. The third-order valence-corrected chi connectivity index (χ3v) is 3.13. The molecule has 0 saturated carbocycles. The Morgan fingerprint density at radius 2 is 2.10 bits per heavy atom. The zero-order valence-electron chi connectivity index (χ0n) is 13.4. The van der Waals surface area contributed by atoms with E-state index in [0.717, 1.165) is 18.7 Å². The number of rotatable bonds is 5. The summed E-state index contributed by atoms with van der Waals surface area (Å²) in [5.41, 5.74) is 0.511. The normalized spacial score (nSPS) is 14.7. The molecule has 1 aromatic heterocycles. The molecule has 1 heterocycles. The summed E-state index contributed by atoms with van der Waals surface area (Å²) < 4.78 is 7.36. The summed E-state index contributed by atoms with van der Waals surface area (Å²) in [6, 6.07) is -0.128. The maximum Gasteiger partial charge on any atom is 0.408 e. The number of hydrogen-bond acceptors (Lipinski definition) is 3. The van der Waals surface area contributed by atoms with Gasteiger partial charge < -0.3 is 14.6 Å². The summed E-state index contributed by atoms with van der Waals surface area (Å²) >= 11 is 0. The van der Waals surface area contributed by atoms with E-state index >= 15 is 0 Å². The molecule has 0 spiro atoms. The molecule has 114 valence electrons. The first-order valence-corrected chi connectivity index (χ1v) is 7.22. The van der Waals surface area contributed by atoms with Gasteiger partial charge in [0.1, 0.15) is 5.60 Å². The highest BCUT2D eigenvalue weighted by molar-refractivity contribution is 5.68. The van der Waals surface area contributed by atoms with Gasteiger partial charge >= 0.3 is 6.09 Å². The Morgan fingerprint density at radius 1 is 1.45 bits per heavy atom. The number of carbonyl (C=O) groups excluding carboxylic acids is 1. The average molecular weight is 281 g/mol. The molecule has 20 heavy (non-hydrogen) atoms. The predicted molar refractivity (Wildman–Crippen MR) is 79.5 cm³/mol. The Labute approximate surface area is 121 Å². The van der Waals surface area contributed by atoms with Crippen molar-refractivity contribution in [3.05, 3.63) is 18.2 Å². The van der Waals surface area contributed by atoms with Gasteiger partial charge in [-0.05, 0) is 33.6 Å². The van der Waals surface area contributed by atoms with Crippen LogP contribution in [0.2, 0.25) is 0 Å². The molecule has 5 nitrogen and oxygen atoms in total. The fraction of sp³-hybridized carbons (Fsp3) is 0.733. The fourth-order valence-corrected chi connectivity index (χ4v) is 1.87. The SMILES string of the molecule is CCC(C)Cn1cncc1C(C)NC(=O)OC(C)(C)C. The van der Waals surface area contributed by atoms with Crippen molar-refractivity contribution in [2.75, 3.05) is 0 Å². The van der Waals surface area contributed by atoms with Gasteiger partial charge in [0.2, 0.25) is 0 Å². The second-order valence-electron chi connectivity index (χ2n) is 6.35. The van der Waals surface area contributed by atoms with Crippen molar-refractivity contribution >= 4 is 6.09 Å². The average Bonchev–Trinajstić information content (AvgIpc) is 2.74. The molecular weight excluding hydrogens is 254 g/mol. The van der Waals surface area contributed by atoms with Gasteiger partial charge in [-0.25, -0.2) is 9.78 Å². The van der Waals surface area contributed by atoms with Crippen molar-refractivity contribution in [2.24, 2.45) is 5.92 Å². The molecular formula is C15H27N3O2. The molecule has 0 aromatic carbocycles. The fourth-order valence-electron chi connectivity index (χ4n) is 1.87. The van der Waals surface area contributed by atoms with Crippen molar-refractivity contribution in [1.82, 2.24) is 14.9 Å². The van der Waals surface area contributed by atoms with Crippen LogP contribution in [-0.2, 0) is 11.3 Å². The molecule has 0 bridgehead atoms. The van der Waals surface area contributed by atoms with Crippen LogP contribution in [0.3, 0.4) is 0 Å². The largest absolute Gasteiger partial charge is 0.444 e. The van der Waals surface area contributed by atoms with E-state index in [1.54, 1.807) is 6.20 Å². The quantitative estimate of drug-likeness (QED) is 0.898. The molecule has 2 unspecified atom stereocenters. The molecule has 5 heteroatoms.